The van der Waals surface area contributed by atoms with Crippen molar-refractivity contribution in [3.05, 3.63) is 89.2 Å². The Morgan fingerprint density at radius 2 is 1.76 bits per heavy atom. The van der Waals surface area contributed by atoms with Gasteiger partial charge in [-0.3, -0.25) is 14.5 Å². The van der Waals surface area contributed by atoms with Crippen molar-refractivity contribution in [2.75, 3.05) is 18.6 Å². The van der Waals surface area contributed by atoms with Crippen LogP contribution in [-0.4, -0.2) is 35.5 Å². The summed E-state index contributed by atoms with van der Waals surface area (Å²) in [7, 11) is 1.54. The highest BCUT2D eigenvalue weighted by atomic mass is 32.1. The minimum absolute atomic E-state index is 0.0668. The van der Waals surface area contributed by atoms with Gasteiger partial charge in [-0.2, -0.15) is 0 Å². The second kappa shape index (κ2) is 10.0. The number of aliphatic hydroxyl groups excluding tert-OH is 1. The number of thiazole rings is 1. The lowest BCUT2D eigenvalue weighted by Gasteiger charge is -2.23. The number of ether oxygens (including phenoxy) is 2. The van der Waals surface area contributed by atoms with Crippen molar-refractivity contribution in [3.63, 3.8) is 0 Å². The SMILES string of the molecule is CCCOc1ccc(C(O)=C2C(=O)C(=O)N(c3nc4ccc(F)cc4s3)C2c2ccc(OC)cc2)cc1. The summed E-state index contributed by atoms with van der Waals surface area (Å²) in [5.74, 6) is -1.18. The normalized spacial score (nSPS) is 16.9. The van der Waals surface area contributed by atoms with Crippen LogP contribution in [0.2, 0.25) is 0 Å². The number of carbonyl (C=O) groups is 2. The average molecular weight is 519 g/mol. The van der Waals surface area contributed by atoms with Gasteiger partial charge in [0.15, 0.2) is 5.13 Å². The molecule has 0 aliphatic carbocycles. The van der Waals surface area contributed by atoms with E-state index in [0.717, 1.165) is 17.8 Å². The van der Waals surface area contributed by atoms with Crippen LogP contribution in [0.25, 0.3) is 16.0 Å². The van der Waals surface area contributed by atoms with Crippen molar-refractivity contribution in [2.45, 2.75) is 19.4 Å². The van der Waals surface area contributed by atoms with Crippen molar-refractivity contribution in [1.82, 2.24) is 4.98 Å². The maximum atomic E-state index is 13.8. The molecule has 2 heterocycles. The topological polar surface area (TPSA) is 89.0 Å². The molecule has 1 aliphatic rings. The van der Waals surface area contributed by atoms with E-state index in [2.05, 4.69) is 4.98 Å². The van der Waals surface area contributed by atoms with E-state index in [1.807, 2.05) is 6.92 Å². The zero-order chi connectivity index (χ0) is 26.1. The Morgan fingerprint density at radius 3 is 2.43 bits per heavy atom. The van der Waals surface area contributed by atoms with Crippen molar-refractivity contribution >= 4 is 44.1 Å². The average Bonchev–Trinajstić information content (AvgIpc) is 3.45. The Bertz CT molecular complexity index is 1510. The number of rotatable bonds is 7. The third kappa shape index (κ3) is 4.53. The quantitative estimate of drug-likeness (QED) is 0.187. The smallest absolute Gasteiger partial charge is 0.301 e. The van der Waals surface area contributed by atoms with Crippen LogP contribution in [0.15, 0.2) is 72.3 Å². The number of benzene rings is 3. The summed E-state index contributed by atoms with van der Waals surface area (Å²) in [5, 5.41) is 11.5. The van der Waals surface area contributed by atoms with Gasteiger partial charge in [0.2, 0.25) is 0 Å². The lowest BCUT2D eigenvalue weighted by molar-refractivity contribution is -0.132. The molecule has 1 atom stereocenters. The molecule has 1 saturated heterocycles. The van der Waals surface area contributed by atoms with Crippen LogP contribution in [0, 0.1) is 5.82 Å². The van der Waals surface area contributed by atoms with Crippen LogP contribution in [0.3, 0.4) is 0 Å². The van der Waals surface area contributed by atoms with E-state index in [4.69, 9.17) is 9.47 Å². The molecular formula is C28H23FN2O5S. The monoisotopic (exact) mass is 518 g/mol. The summed E-state index contributed by atoms with van der Waals surface area (Å²) >= 11 is 1.10. The fourth-order valence-electron chi connectivity index (χ4n) is 4.21. The lowest BCUT2D eigenvalue weighted by atomic mass is 9.95. The van der Waals surface area contributed by atoms with Gasteiger partial charge < -0.3 is 14.6 Å². The van der Waals surface area contributed by atoms with Crippen LogP contribution >= 0.6 is 11.3 Å². The van der Waals surface area contributed by atoms with Gasteiger partial charge in [0.05, 0.1) is 35.5 Å². The molecule has 1 fully saturated rings. The number of methoxy groups -OCH3 is 1. The molecule has 0 spiro atoms. The predicted molar refractivity (Wildman–Crippen MR) is 140 cm³/mol. The van der Waals surface area contributed by atoms with Gasteiger partial charge in [-0.05, 0) is 66.6 Å². The minimum Gasteiger partial charge on any atom is -0.507 e. The van der Waals surface area contributed by atoms with Crippen molar-refractivity contribution in [1.29, 1.82) is 0 Å². The second-order valence-electron chi connectivity index (χ2n) is 8.42. The van der Waals surface area contributed by atoms with Gasteiger partial charge in [-0.1, -0.05) is 30.4 Å². The highest BCUT2D eigenvalue weighted by Crippen LogP contribution is 2.44. The molecule has 1 aromatic heterocycles. The van der Waals surface area contributed by atoms with Gasteiger partial charge in [-0.15, -0.1) is 0 Å². The molecule has 0 saturated carbocycles. The summed E-state index contributed by atoms with van der Waals surface area (Å²) in [5.41, 5.74) is 1.38. The van der Waals surface area contributed by atoms with E-state index in [0.29, 0.717) is 39.4 Å². The van der Waals surface area contributed by atoms with Crippen LogP contribution in [0.4, 0.5) is 9.52 Å². The number of aliphatic hydroxyl groups is 1. The Kier molecular flexibility index (Phi) is 6.62. The molecule has 1 aliphatic heterocycles. The van der Waals surface area contributed by atoms with E-state index in [1.54, 1.807) is 48.5 Å². The summed E-state index contributed by atoms with van der Waals surface area (Å²) in [6.45, 7) is 2.56. The Morgan fingerprint density at radius 1 is 1.05 bits per heavy atom. The molecule has 0 radical (unpaired) electrons. The van der Waals surface area contributed by atoms with Gasteiger partial charge in [0, 0.05) is 5.56 Å². The van der Waals surface area contributed by atoms with Crippen LogP contribution < -0.4 is 14.4 Å². The highest BCUT2D eigenvalue weighted by Gasteiger charge is 2.48. The standard InChI is InChI=1S/C28H23FN2O5S/c1-3-14-36-20-11-6-17(7-12-20)25(32)23-24(16-4-9-19(35-2)10-5-16)31(27(34)26(23)33)28-30-21-13-8-18(29)15-22(21)37-28/h4-13,15,24,32H,3,14H2,1-2H3. The van der Waals surface area contributed by atoms with E-state index >= 15 is 0 Å². The predicted octanol–water partition coefficient (Wildman–Crippen LogP) is 5.86. The molecular weight excluding hydrogens is 495 g/mol. The molecule has 7 nitrogen and oxygen atoms in total. The lowest BCUT2D eigenvalue weighted by Crippen LogP contribution is -2.29. The summed E-state index contributed by atoms with van der Waals surface area (Å²) < 4.78 is 25.2. The Balaban J connectivity index is 1.64. The molecule has 5 rings (SSSR count). The zero-order valence-corrected chi connectivity index (χ0v) is 20.9. The first-order valence-electron chi connectivity index (χ1n) is 11.7. The third-order valence-electron chi connectivity index (χ3n) is 6.02. The molecule has 3 aromatic carbocycles. The highest BCUT2D eigenvalue weighted by molar-refractivity contribution is 7.22. The molecule has 1 N–H and O–H groups in total. The number of anilines is 1. The number of amides is 1. The maximum Gasteiger partial charge on any atom is 0.301 e. The van der Waals surface area contributed by atoms with Gasteiger partial charge in [0.1, 0.15) is 23.1 Å². The molecule has 37 heavy (non-hydrogen) atoms. The van der Waals surface area contributed by atoms with E-state index in [-0.39, 0.29) is 16.5 Å². The molecule has 188 valence electrons. The van der Waals surface area contributed by atoms with E-state index < -0.39 is 23.5 Å². The Labute approximate surface area is 216 Å². The number of ketones is 1. The van der Waals surface area contributed by atoms with Crippen molar-refractivity contribution in [2.24, 2.45) is 0 Å². The summed E-state index contributed by atoms with van der Waals surface area (Å²) in [6.07, 6.45) is 0.853. The number of halogens is 1. The second-order valence-corrected chi connectivity index (χ2v) is 9.43. The number of Topliss-reactive ketones (excluding diaryl/α,β-unsaturated/α-hetero) is 1. The van der Waals surface area contributed by atoms with Gasteiger partial charge in [-0.25, -0.2) is 9.37 Å². The summed E-state index contributed by atoms with van der Waals surface area (Å²) in [4.78, 5) is 32.5. The fourth-order valence-corrected chi connectivity index (χ4v) is 5.22. The van der Waals surface area contributed by atoms with Crippen LogP contribution in [0.5, 0.6) is 11.5 Å². The third-order valence-corrected chi connectivity index (χ3v) is 7.04. The zero-order valence-electron chi connectivity index (χ0n) is 20.1. The number of hydrogen-bond acceptors (Lipinski definition) is 7. The number of hydrogen-bond donors (Lipinski definition) is 1. The van der Waals surface area contributed by atoms with E-state index in [9.17, 15) is 19.1 Å². The minimum atomic E-state index is -0.952. The van der Waals surface area contributed by atoms with Crippen molar-refractivity contribution < 1.29 is 28.6 Å². The first kappa shape index (κ1) is 24.5. The number of aromatic nitrogens is 1. The van der Waals surface area contributed by atoms with E-state index in [1.165, 1.54) is 30.2 Å². The fraction of sp³-hybridized carbons (Fsp3) is 0.179. The first-order chi connectivity index (χ1) is 17.9. The largest absolute Gasteiger partial charge is 0.507 e. The van der Waals surface area contributed by atoms with Crippen LogP contribution in [-0.2, 0) is 9.59 Å². The molecule has 1 unspecified atom stereocenters. The summed E-state index contributed by atoms with van der Waals surface area (Å²) in [6, 6.07) is 16.7. The molecule has 4 aromatic rings. The maximum absolute atomic E-state index is 13.8. The van der Waals surface area contributed by atoms with Gasteiger partial charge >= 0.3 is 5.91 Å². The first-order valence-corrected chi connectivity index (χ1v) is 12.5. The molecule has 1 amide bonds. The molecule has 9 heteroatoms. The van der Waals surface area contributed by atoms with Crippen molar-refractivity contribution in [3.8, 4) is 11.5 Å². The number of nitrogens with zero attached hydrogens (tertiary/aromatic N) is 2. The number of fused-ring (bicyclic) bond motifs is 1. The van der Waals surface area contributed by atoms with Crippen LogP contribution in [0.1, 0.15) is 30.5 Å². The molecule has 0 bridgehead atoms. The number of carbonyl (C=O) groups excluding carboxylic acids is 2. The Hall–Kier alpha value is -4.24. The van der Waals surface area contributed by atoms with Gasteiger partial charge in [0.25, 0.3) is 5.78 Å².